The highest BCUT2D eigenvalue weighted by Gasteiger charge is 2.46. The van der Waals surface area contributed by atoms with Crippen molar-refractivity contribution in [3.8, 4) is 0 Å². The van der Waals surface area contributed by atoms with E-state index in [9.17, 15) is 14.8 Å². The fourth-order valence-electron chi connectivity index (χ4n) is 3.15. The van der Waals surface area contributed by atoms with E-state index in [0.29, 0.717) is 50.6 Å². The van der Waals surface area contributed by atoms with Gasteiger partial charge in [0.2, 0.25) is 11.8 Å². The number of hydrogen-bond acceptors (Lipinski definition) is 7. The summed E-state index contributed by atoms with van der Waals surface area (Å²) in [5, 5.41) is 21.3. The molecule has 0 aromatic carbocycles. The number of carbonyl (C=O) groups excluding carboxylic acids is 2. The average molecular weight is 367 g/mol. The molecule has 3 heterocycles. The first-order chi connectivity index (χ1) is 12.2. The minimum absolute atomic E-state index is 0.153. The molecule has 3 rings (SSSR count). The maximum atomic E-state index is 12.0. The molecule has 0 radical (unpaired) electrons. The second-order valence-electron chi connectivity index (χ2n) is 7.59. The first-order valence-corrected chi connectivity index (χ1v) is 8.82. The summed E-state index contributed by atoms with van der Waals surface area (Å²) in [7, 11) is 0. The average Bonchev–Trinajstić information content (AvgIpc) is 3.11. The van der Waals surface area contributed by atoms with Crippen LogP contribution in [-0.4, -0.2) is 62.2 Å². The van der Waals surface area contributed by atoms with E-state index in [1.165, 1.54) is 0 Å². The van der Waals surface area contributed by atoms with Crippen LogP contribution >= 0.6 is 0 Å². The molecule has 10 nitrogen and oxygen atoms in total. The van der Waals surface area contributed by atoms with Gasteiger partial charge in [-0.3, -0.25) is 5.21 Å². The van der Waals surface area contributed by atoms with Crippen molar-refractivity contribution < 1.29 is 24.0 Å². The number of ether oxygens (including phenoxy) is 1. The van der Waals surface area contributed by atoms with Crippen LogP contribution in [0, 0.1) is 0 Å². The van der Waals surface area contributed by atoms with Gasteiger partial charge in [0, 0.05) is 19.5 Å². The molecule has 1 aromatic heterocycles. The molecule has 2 saturated heterocycles. The minimum Gasteiger partial charge on any atom is -0.444 e. The van der Waals surface area contributed by atoms with Crippen LogP contribution in [0.1, 0.15) is 57.9 Å². The molecule has 10 heteroatoms. The van der Waals surface area contributed by atoms with Crippen molar-refractivity contribution in [1.82, 2.24) is 25.5 Å². The number of nitrogens with one attached hydrogen (secondary N) is 1. The summed E-state index contributed by atoms with van der Waals surface area (Å²) in [5.74, 6) is 0.850. The molecule has 2 bridgehead atoms. The normalized spacial score (nSPS) is 22.7. The van der Waals surface area contributed by atoms with E-state index < -0.39 is 17.7 Å². The lowest BCUT2D eigenvalue weighted by molar-refractivity contribution is -0.0584. The van der Waals surface area contributed by atoms with Crippen LogP contribution in [0.25, 0.3) is 0 Å². The van der Waals surface area contributed by atoms with E-state index in [0.717, 1.165) is 5.06 Å². The number of hydrogen-bond donors (Lipinski definition) is 2. The predicted molar refractivity (Wildman–Crippen MR) is 88.3 cm³/mol. The topological polar surface area (TPSA) is 121 Å². The number of alkyl carbamates (subject to hydrolysis) is 1. The van der Waals surface area contributed by atoms with Crippen molar-refractivity contribution in [3.63, 3.8) is 0 Å². The molecular formula is C16H25N5O5. The lowest BCUT2D eigenvalue weighted by Crippen LogP contribution is -2.34. The SMILES string of the molecule is CC(C)(C)OC(=O)NCCCc1nnc([C@@H]2CCC3CN2C(=O)N3O)o1. The summed E-state index contributed by atoms with van der Waals surface area (Å²) in [4.78, 5) is 25.1. The van der Waals surface area contributed by atoms with Crippen molar-refractivity contribution in [2.24, 2.45) is 0 Å². The van der Waals surface area contributed by atoms with E-state index >= 15 is 0 Å². The largest absolute Gasteiger partial charge is 0.444 e. The van der Waals surface area contributed by atoms with Crippen molar-refractivity contribution in [2.75, 3.05) is 13.1 Å². The molecule has 1 aromatic rings. The number of urea groups is 1. The van der Waals surface area contributed by atoms with Gasteiger partial charge in [-0.25, -0.2) is 14.7 Å². The summed E-state index contributed by atoms with van der Waals surface area (Å²) in [6, 6.07) is -0.865. The smallest absolute Gasteiger partial charge is 0.407 e. The zero-order valence-electron chi connectivity index (χ0n) is 15.3. The van der Waals surface area contributed by atoms with E-state index in [1.807, 2.05) is 0 Å². The van der Waals surface area contributed by atoms with E-state index in [4.69, 9.17) is 9.15 Å². The van der Waals surface area contributed by atoms with Crippen molar-refractivity contribution in [3.05, 3.63) is 11.8 Å². The molecule has 2 aliphatic rings. The van der Waals surface area contributed by atoms with Gasteiger partial charge < -0.3 is 19.4 Å². The number of fused-ring (bicyclic) bond motifs is 2. The first kappa shape index (κ1) is 18.4. The Morgan fingerprint density at radius 1 is 1.38 bits per heavy atom. The molecule has 0 aliphatic carbocycles. The Hall–Kier alpha value is -2.36. The Labute approximate surface area is 151 Å². The Morgan fingerprint density at radius 3 is 2.88 bits per heavy atom. The van der Waals surface area contributed by atoms with Gasteiger partial charge in [-0.15, -0.1) is 10.2 Å². The molecule has 0 spiro atoms. The van der Waals surface area contributed by atoms with Crippen LogP contribution < -0.4 is 5.32 Å². The zero-order chi connectivity index (χ0) is 18.9. The summed E-state index contributed by atoms with van der Waals surface area (Å²) in [6.45, 7) is 6.32. The summed E-state index contributed by atoms with van der Waals surface area (Å²) >= 11 is 0. The van der Waals surface area contributed by atoms with E-state index in [1.54, 1.807) is 25.7 Å². The molecular weight excluding hydrogens is 342 g/mol. The van der Waals surface area contributed by atoms with Crippen LogP contribution in [0.5, 0.6) is 0 Å². The molecule has 3 amide bonds. The lowest BCUT2D eigenvalue weighted by atomic mass is 10.0. The van der Waals surface area contributed by atoms with Gasteiger partial charge in [-0.05, 0) is 40.0 Å². The van der Waals surface area contributed by atoms with Crippen LogP contribution in [0.4, 0.5) is 9.59 Å². The highest BCUT2D eigenvalue weighted by atomic mass is 16.6. The van der Waals surface area contributed by atoms with Crippen molar-refractivity contribution >= 4 is 12.1 Å². The van der Waals surface area contributed by atoms with Gasteiger partial charge in [-0.2, -0.15) is 0 Å². The highest BCUT2D eigenvalue weighted by Crippen LogP contribution is 2.36. The second kappa shape index (κ2) is 7.10. The van der Waals surface area contributed by atoms with Crippen LogP contribution in [-0.2, 0) is 11.2 Å². The Morgan fingerprint density at radius 2 is 2.15 bits per heavy atom. The Bertz CT molecular complexity index is 670. The number of nitrogens with zero attached hydrogens (tertiary/aromatic N) is 4. The summed E-state index contributed by atoms with van der Waals surface area (Å²) in [5.41, 5.74) is -0.526. The van der Waals surface area contributed by atoms with Crippen molar-refractivity contribution in [2.45, 2.75) is 64.1 Å². The quantitative estimate of drug-likeness (QED) is 0.602. The molecule has 2 fully saturated rings. The third kappa shape index (κ3) is 4.06. The van der Waals surface area contributed by atoms with Gasteiger partial charge in [0.15, 0.2) is 0 Å². The van der Waals surface area contributed by atoms with Gasteiger partial charge >= 0.3 is 12.1 Å². The van der Waals surface area contributed by atoms with Gasteiger partial charge in [-0.1, -0.05) is 0 Å². The Kier molecular flexibility index (Phi) is 5.03. The van der Waals surface area contributed by atoms with Crippen molar-refractivity contribution in [1.29, 1.82) is 0 Å². The molecule has 2 atom stereocenters. The van der Waals surface area contributed by atoms with E-state index in [2.05, 4.69) is 15.5 Å². The molecule has 26 heavy (non-hydrogen) atoms. The zero-order valence-corrected chi connectivity index (χ0v) is 15.3. The molecule has 144 valence electrons. The van der Waals surface area contributed by atoms with E-state index in [-0.39, 0.29) is 12.1 Å². The Balaban J connectivity index is 1.47. The van der Waals surface area contributed by atoms with Crippen LogP contribution in [0.2, 0.25) is 0 Å². The minimum atomic E-state index is -0.526. The van der Waals surface area contributed by atoms with Gasteiger partial charge in [0.1, 0.15) is 11.6 Å². The lowest BCUT2D eigenvalue weighted by Gasteiger charge is -2.27. The number of aromatic nitrogens is 2. The number of hydroxylamine groups is 2. The molecule has 2 aliphatic heterocycles. The fourth-order valence-corrected chi connectivity index (χ4v) is 3.15. The number of carbonyl (C=O) groups is 2. The highest BCUT2D eigenvalue weighted by molar-refractivity contribution is 5.76. The van der Waals surface area contributed by atoms with Gasteiger partial charge in [0.05, 0.1) is 6.04 Å². The summed E-state index contributed by atoms with van der Waals surface area (Å²) < 4.78 is 10.8. The number of rotatable bonds is 5. The number of aryl methyl sites for hydroxylation is 1. The molecule has 0 saturated carbocycles. The van der Waals surface area contributed by atoms with Crippen LogP contribution in [0.15, 0.2) is 4.42 Å². The molecule has 1 unspecified atom stereocenters. The second-order valence-corrected chi connectivity index (χ2v) is 7.59. The third-order valence-electron chi connectivity index (χ3n) is 4.35. The first-order valence-electron chi connectivity index (χ1n) is 8.82. The van der Waals surface area contributed by atoms with Gasteiger partial charge in [0.25, 0.3) is 0 Å². The third-order valence-corrected chi connectivity index (χ3v) is 4.35. The fraction of sp³-hybridized carbons (Fsp3) is 0.750. The molecule has 2 N–H and O–H groups in total. The maximum absolute atomic E-state index is 12.0. The summed E-state index contributed by atoms with van der Waals surface area (Å²) in [6.07, 6.45) is 2.05. The number of piperidine rings is 1. The standard InChI is InChI=1S/C16H25N5O5/c1-16(2,3)26-14(22)17-8-4-5-12-18-19-13(25-12)11-7-6-10-9-20(11)15(23)21(10)24/h10-11,24H,4-9H2,1-3H3,(H,17,22)/t10?,11-/m0/s1. The monoisotopic (exact) mass is 367 g/mol. The maximum Gasteiger partial charge on any atom is 0.407 e. The van der Waals surface area contributed by atoms with Crippen LogP contribution in [0.3, 0.4) is 0 Å². The predicted octanol–water partition coefficient (Wildman–Crippen LogP) is 1.86. The number of amides is 3.